The summed E-state index contributed by atoms with van der Waals surface area (Å²) in [7, 11) is 0. The second kappa shape index (κ2) is 5.85. The molecule has 1 amide bonds. The fourth-order valence-corrected chi connectivity index (χ4v) is 3.99. The van der Waals surface area contributed by atoms with E-state index in [1.807, 2.05) is 4.68 Å². The van der Waals surface area contributed by atoms with Crippen LogP contribution >= 0.6 is 0 Å². The number of phenols is 1. The number of carbonyl (C=O) groups excluding carboxylic acids is 1. The van der Waals surface area contributed by atoms with Gasteiger partial charge in [0.2, 0.25) is 5.91 Å². The summed E-state index contributed by atoms with van der Waals surface area (Å²) < 4.78 is 1.88. The molecule has 1 aliphatic heterocycles. The van der Waals surface area contributed by atoms with Gasteiger partial charge >= 0.3 is 0 Å². The van der Waals surface area contributed by atoms with E-state index in [4.69, 9.17) is 0 Å². The van der Waals surface area contributed by atoms with E-state index >= 15 is 0 Å². The van der Waals surface area contributed by atoms with Crippen molar-refractivity contribution in [3.05, 3.63) is 45.7 Å². The van der Waals surface area contributed by atoms with Gasteiger partial charge in [0, 0.05) is 12.3 Å². The Bertz CT molecular complexity index is 813. The number of rotatable bonds is 2. The van der Waals surface area contributed by atoms with Gasteiger partial charge in [-0.05, 0) is 30.5 Å². The third-order valence-corrected chi connectivity index (χ3v) is 5.19. The van der Waals surface area contributed by atoms with E-state index < -0.39 is 0 Å². The van der Waals surface area contributed by atoms with Gasteiger partial charge in [-0.3, -0.25) is 19.4 Å². The van der Waals surface area contributed by atoms with Gasteiger partial charge in [-0.1, -0.05) is 31.4 Å². The number of amides is 1. The first-order chi connectivity index (χ1) is 11.6. The van der Waals surface area contributed by atoms with Crippen LogP contribution in [0, 0.1) is 0 Å². The van der Waals surface area contributed by atoms with Gasteiger partial charge in [0.25, 0.3) is 5.56 Å². The molecule has 0 unspecified atom stereocenters. The number of fused-ring (bicyclic) bond motifs is 1. The predicted octanol–water partition coefficient (Wildman–Crippen LogP) is 2.86. The zero-order valence-electron chi connectivity index (χ0n) is 13.4. The summed E-state index contributed by atoms with van der Waals surface area (Å²) in [4.78, 5) is 24.8. The summed E-state index contributed by atoms with van der Waals surface area (Å²) >= 11 is 0. The Morgan fingerprint density at radius 2 is 1.75 bits per heavy atom. The maximum absolute atomic E-state index is 12.6. The Labute approximate surface area is 139 Å². The van der Waals surface area contributed by atoms with Crippen molar-refractivity contribution in [2.75, 3.05) is 5.32 Å². The number of anilines is 1. The van der Waals surface area contributed by atoms with Gasteiger partial charge in [0.15, 0.2) is 0 Å². The highest BCUT2D eigenvalue weighted by Gasteiger charge is 2.34. The molecule has 24 heavy (non-hydrogen) atoms. The highest BCUT2D eigenvalue weighted by molar-refractivity contribution is 5.94. The van der Waals surface area contributed by atoms with Crippen molar-refractivity contribution >= 4 is 11.7 Å². The smallest absolute Gasteiger partial charge is 0.270 e. The molecular weight excluding hydrogens is 306 g/mol. The number of hydrogen-bond donors (Lipinski definition) is 3. The summed E-state index contributed by atoms with van der Waals surface area (Å²) in [6.45, 7) is 0. The highest BCUT2D eigenvalue weighted by atomic mass is 16.3. The van der Waals surface area contributed by atoms with Crippen molar-refractivity contribution < 1.29 is 9.90 Å². The number of hydrogen-bond acceptors (Lipinski definition) is 3. The lowest BCUT2D eigenvalue weighted by molar-refractivity contribution is -0.116. The summed E-state index contributed by atoms with van der Waals surface area (Å²) in [6.07, 6.45) is 5.82. The van der Waals surface area contributed by atoms with Crippen LogP contribution in [0.15, 0.2) is 29.1 Å². The first-order valence-electron chi connectivity index (χ1n) is 8.56. The molecular formula is C18H21N3O3. The summed E-state index contributed by atoms with van der Waals surface area (Å²) in [6, 6.07) is 6.98. The van der Waals surface area contributed by atoms with E-state index in [1.54, 1.807) is 24.3 Å². The lowest BCUT2D eigenvalue weighted by Gasteiger charge is -2.28. The molecule has 0 bridgehead atoms. The van der Waals surface area contributed by atoms with E-state index in [9.17, 15) is 14.7 Å². The number of carbonyl (C=O) groups is 1. The maximum Gasteiger partial charge on any atom is 0.270 e. The van der Waals surface area contributed by atoms with Gasteiger partial charge in [-0.2, -0.15) is 0 Å². The molecule has 0 radical (unpaired) electrons. The van der Waals surface area contributed by atoms with E-state index in [1.165, 1.54) is 6.42 Å². The minimum atomic E-state index is -0.275. The van der Waals surface area contributed by atoms with Crippen LogP contribution < -0.4 is 10.9 Å². The van der Waals surface area contributed by atoms with Crippen molar-refractivity contribution in [2.45, 2.75) is 50.5 Å². The fourth-order valence-electron chi connectivity index (χ4n) is 3.99. The molecule has 1 aromatic heterocycles. The molecule has 1 atom stereocenters. The number of aromatic amines is 1. The molecule has 4 rings (SSSR count). The lowest BCUT2D eigenvalue weighted by Crippen LogP contribution is -2.27. The first-order valence-corrected chi connectivity index (χ1v) is 8.56. The second-order valence-electron chi connectivity index (χ2n) is 6.76. The van der Waals surface area contributed by atoms with E-state index in [-0.39, 0.29) is 35.6 Å². The highest BCUT2D eigenvalue weighted by Crippen LogP contribution is 2.38. The van der Waals surface area contributed by atoms with Gasteiger partial charge in [0.05, 0.1) is 11.6 Å². The van der Waals surface area contributed by atoms with Crippen molar-refractivity contribution in [2.24, 2.45) is 0 Å². The van der Waals surface area contributed by atoms with Crippen molar-refractivity contribution in [1.82, 2.24) is 9.78 Å². The van der Waals surface area contributed by atoms with E-state index in [2.05, 4.69) is 10.4 Å². The minimum Gasteiger partial charge on any atom is -0.508 e. The van der Waals surface area contributed by atoms with Crippen LogP contribution in [0.4, 0.5) is 5.82 Å². The third kappa shape index (κ3) is 2.52. The summed E-state index contributed by atoms with van der Waals surface area (Å²) in [5.41, 5.74) is 1.37. The predicted molar refractivity (Wildman–Crippen MR) is 90.4 cm³/mol. The number of aromatic hydroxyl groups is 1. The minimum absolute atomic E-state index is 0.0795. The zero-order chi connectivity index (χ0) is 16.7. The largest absolute Gasteiger partial charge is 0.508 e. The molecule has 1 aliphatic carbocycles. The quantitative estimate of drug-likeness (QED) is 0.792. The Hall–Kier alpha value is -2.50. The van der Waals surface area contributed by atoms with Crippen molar-refractivity contribution in [1.29, 1.82) is 0 Å². The number of nitrogens with one attached hydrogen (secondary N) is 2. The zero-order valence-corrected chi connectivity index (χ0v) is 13.4. The molecule has 2 aliphatic rings. The van der Waals surface area contributed by atoms with Crippen LogP contribution in [0.25, 0.3) is 0 Å². The summed E-state index contributed by atoms with van der Waals surface area (Å²) in [5, 5.41) is 15.3. The maximum atomic E-state index is 12.6. The van der Waals surface area contributed by atoms with E-state index in [0.29, 0.717) is 11.4 Å². The third-order valence-electron chi connectivity index (χ3n) is 5.19. The van der Waals surface area contributed by atoms with Gasteiger partial charge < -0.3 is 10.4 Å². The second-order valence-corrected chi connectivity index (χ2v) is 6.76. The van der Waals surface area contributed by atoms with Crippen LogP contribution in [-0.2, 0) is 4.79 Å². The molecule has 1 aromatic carbocycles. The molecule has 126 valence electrons. The average Bonchev–Trinajstić information content (AvgIpc) is 2.92. The van der Waals surface area contributed by atoms with Crippen molar-refractivity contribution in [3.63, 3.8) is 0 Å². The number of aromatic nitrogens is 2. The fraction of sp³-hybridized carbons (Fsp3) is 0.444. The van der Waals surface area contributed by atoms with Crippen LogP contribution in [0.2, 0.25) is 0 Å². The molecule has 0 saturated heterocycles. The lowest BCUT2D eigenvalue weighted by atomic mass is 9.87. The number of H-pyrrole nitrogens is 1. The topological polar surface area (TPSA) is 87.1 Å². The van der Waals surface area contributed by atoms with Gasteiger partial charge in [0.1, 0.15) is 11.6 Å². The van der Waals surface area contributed by atoms with Crippen molar-refractivity contribution in [3.8, 4) is 5.75 Å². The van der Waals surface area contributed by atoms with Crippen LogP contribution in [0.1, 0.15) is 61.6 Å². The van der Waals surface area contributed by atoms with E-state index in [0.717, 1.165) is 31.2 Å². The SMILES string of the molecule is O=C1C[C@@H](c2ccc(O)cc2)c2c(n(C3CCCCC3)[nH]c2=O)N1. The van der Waals surface area contributed by atoms with Gasteiger partial charge in [-0.15, -0.1) is 0 Å². The van der Waals surface area contributed by atoms with Gasteiger partial charge in [-0.25, -0.2) is 0 Å². The Kier molecular flexibility index (Phi) is 3.67. The standard InChI is InChI=1S/C18H21N3O3/c22-13-8-6-11(7-9-13)14-10-15(23)19-17-16(14)18(24)20-21(17)12-4-2-1-3-5-12/h6-9,12,14,22H,1-5,10H2,(H,19,23)(H,20,24)/t14-/m0/s1. The van der Waals surface area contributed by atoms with Crippen LogP contribution in [0.5, 0.6) is 5.75 Å². The van der Waals surface area contributed by atoms with Crippen LogP contribution in [-0.4, -0.2) is 20.8 Å². The Balaban J connectivity index is 1.79. The molecule has 0 spiro atoms. The number of phenolic OH excluding ortho intramolecular Hbond substituents is 1. The molecule has 6 nitrogen and oxygen atoms in total. The normalized spacial score (nSPS) is 21.3. The molecule has 3 N–H and O–H groups in total. The van der Waals surface area contributed by atoms with Crippen LogP contribution in [0.3, 0.4) is 0 Å². The molecule has 2 heterocycles. The molecule has 6 heteroatoms. The summed E-state index contributed by atoms with van der Waals surface area (Å²) in [5.74, 6) is 0.446. The Morgan fingerprint density at radius 1 is 1.04 bits per heavy atom. The Morgan fingerprint density at radius 3 is 2.46 bits per heavy atom. The average molecular weight is 327 g/mol. The molecule has 1 fully saturated rings. The monoisotopic (exact) mass is 327 g/mol. The number of benzene rings is 1. The molecule has 2 aromatic rings. The number of nitrogens with zero attached hydrogens (tertiary/aromatic N) is 1. The molecule has 1 saturated carbocycles. The first kappa shape index (κ1) is 15.1.